The summed E-state index contributed by atoms with van der Waals surface area (Å²) in [5, 5.41) is 6.90. The van der Waals surface area contributed by atoms with Crippen LogP contribution in [0, 0.1) is 5.41 Å². The monoisotopic (exact) mass is 542 g/mol. The Kier molecular flexibility index (Phi) is 7.59. The summed E-state index contributed by atoms with van der Waals surface area (Å²) in [7, 11) is 3.69. The average Bonchev–Trinajstić information content (AvgIpc) is 3.15. The third kappa shape index (κ3) is 5.04. The van der Waals surface area contributed by atoms with Gasteiger partial charge in [0.15, 0.2) is 17.5 Å². The number of aliphatic imine (C=N–C) groups is 1. The number of carbonyl (C=O) groups excluding carboxylic acids is 1. The first-order chi connectivity index (χ1) is 14.5. The molecule has 3 aliphatic rings. The zero-order valence-corrected chi connectivity index (χ0v) is 21.2. The predicted molar refractivity (Wildman–Crippen MR) is 132 cm³/mol. The van der Waals surface area contributed by atoms with E-state index in [1.807, 2.05) is 20.2 Å². The van der Waals surface area contributed by atoms with E-state index in [1.165, 1.54) is 5.56 Å². The molecule has 2 N–H and O–H groups in total. The molecule has 31 heavy (non-hydrogen) atoms. The lowest BCUT2D eigenvalue weighted by Crippen LogP contribution is -2.44. The smallest absolute Gasteiger partial charge is 0.231 e. The van der Waals surface area contributed by atoms with E-state index in [2.05, 4.69) is 29.7 Å². The highest BCUT2D eigenvalue weighted by Crippen LogP contribution is 2.50. The summed E-state index contributed by atoms with van der Waals surface area (Å²) < 4.78 is 11.0. The lowest BCUT2D eigenvalue weighted by atomic mass is 9.85. The molecule has 2 fully saturated rings. The van der Waals surface area contributed by atoms with Crippen LogP contribution < -0.4 is 20.1 Å². The van der Waals surface area contributed by atoms with E-state index in [0.717, 1.165) is 69.1 Å². The van der Waals surface area contributed by atoms with Gasteiger partial charge in [-0.15, -0.1) is 24.0 Å². The number of nitrogens with one attached hydrogen (secondary N) is 2. The number of ether oxygens (including phenoxy) is 2. The van der Waals surface area contributed by atoms with E-state index >= 15 is 0 Å². The molecule has 0 atom stereocenters. The van der Waals surface area contributed by atoms with Crippen LogP contribution in [0.3, 0.4) is 0 Å². The normalized spacial score (nSPS) is 20.0. The summed E-state index contributed by atoms with van der Waals surface area (Å²) in [6.07, 6.45) is 6.34. The minimum absolute atomic E-state index is 0. The predicted octanol–water partition coefficient (Wildman–Crippen LogP) is 3.27. The molecule has 4 rings (SSSR count). The quantitative estimate of drug-likeness (QED) is 0.315. The van der Waals surface area contributed by atoms with E-state index in [-0.39, 0.29) is 40.7 Å². The van der Waals surface area contributed by atoms with Crippen LogP contribution in [-0.2, 0) is 10.2 Å². The van der Waals surface area contributed by atoms with Gasteiger partial charge >= 0.3 is 0 Å². The molecule has 0 radical (unpaired) electrons. The standard InChI is InChI=1S/C23H34N4O3.HI/c1-4-24-21(26-15-23(9-5-6-10-23)20(28)27(2)3)25-14-22(11-12-22)17-7-8-18-19(13-17)30-16-29-18;/h7-8,13H,4-6,9-12,14-16H2,1-3H3,(H2,24,25,26);1H. The van der Waals surface area contributed by atoms with Crippen molar-refractivity contribution in [1.82, 2.24) is 15.5 Å². The fourth-order valence-corrected chi connectivity index (χ4v) is 4.74. The maximum Gasteiger partial charge on any atom is 0.231 e. The van der Waals surface area contributed by atoms with Crippen LogP contribution in [0.2, 0.25) is 0 Å². The van der Waals surface area contributed by atoms with Gasteiger partial charge in [0, 0.05) is 32.6 Å². The highest BCUT2D eigenvalue weighted by atomic mass is 127. The highest BCUT2D eigenvalue weighted by Gasteiger charge is 2.45. The molecule has 1 heterocycles. The Balaban J connectivity index is 0.00000272. The first kappa shape index (κ1) is 23.9. The van der Waals surface area contributed by atoms with E-state index in [1.54, 1.807) is 4.90 Å². The second-order valence-corrected chi connectivity index (χ2v) is 9.08. The molecule has 0 bridgehead atoms. The maximum absolute atomic E-state index is 12.8. The van der Waals surface area contributed by atoms with E-state index in [9.17, 15) is 4.79 Å². The zero-order chi connectivity index (χ0) is 21.2. The molecule has 2 saturated carbocycles. The average molecular weight is 542 g/mol. The molecule has 8 heteroatoms. The van der Waals surface area contributed by atoms with Crippen LogP contribution in [0.25, 0.3) is 0 Å². The first-order valence-corrected chi connectivity index (χ1v) is 11.1. The Labute approximate surface area is 202 Å². The number of benzene rings is 1. The van der Waals surface area contributed by atoms with Gasteiger partial charge in [-0.05, 0) is 50.3 Å². The molecule has 1 aromatic rings. The molecule has 172 valence electrons. The van der Waals surface area contributed by atoms with Gasteiger partial charge in [0.05, 0.1) is 12.0 Å². The van der Waals surface area contributed by atoms with Crippen molar-refractivity contribution in [3.8, 4) is 11.5 Å². The van der Waals surface area contributed by atoms with Crippen LogP contribution in [0.5, 0.6) is 11.5 Å². The van der Waals surface area contributed by atoms with Gasteiger partial charge in [-0.25, -0.2) is 0 Å². The van der Waals surface area contributed by atoms with Crippen molar-refractivity contribution in [2.45, 2.75) is 50.9 Å². The number of hydrogen-bond donors (Lipinski definition) is 2. The van der Waals surface area contributed by atoms with Crippen LogP contribution in [0.4, 0.5) is 0 Å². The van der Waals surface area contributed by atoms with E-state index < -0.39 is 0 Å². The second-order valence-electron chi connectivity index (χ2n) is 9.08. The van der Waals surface area contributed by atoms with Crippen molar-refractivity contribution in [3.63, 3.8) is 0 Å². The number of halogens is 1. The van der Waals surface area contributed by atoms with Gasteiger partial charge in [-0.3, -0.25) is 9.79 Å². The number of carbonyl (C=O) groups is 1. The van der Waals surface area contributed by atoms with Crippen LogP contribution in [0.15, 0.2) is 23.2 Å². The summed E-state index contributed by atoms with van der Waals surface area (Å²) in [4.78, 5) is 19.4. The lowest BCUT2D eigenvalue weighted by molar-refractivity contribution is -0.138. The number of rotatable bonds is 7. The Hall–Kier alpha value is -1.71. The fourth-order valence-electron chi connectivity index (χ4n) is 4.74. The number of nitrogens with zero attached hydrogens (tertiary/aromatic N) is 2. The zero-order valence-electron chi connectivity index (χ0n) is 18.8. The van der Waals surface area contributed by atoms with Crippen molar-refractivity contribution in [1.29, 1.82) is 0 Å². The van der Waals surface area contributed by atoms with Crippen molar-refractivity contribution in [3.05, 3.63) is 23.8 Å². The second kappa shape index (κ2) is 9.83. The molecular formula is C23H35IN4O3. The molecular weight excluding hydrogens is 507 g/mol. The summed E-state index contributed by atoms with van der Waals surface area (Å²) in [5.41, 5.74) is 1.05. The molecule has 1 aromatic carbocycles. The van der Waals surface area contributed by atoms with Crippen molar-refractivity contribution in [2.75, 3.05) is 40.5 Å². The third-order valence-electron chi connectivity index (χ3n) is 6.74. The van der Waals surface area contributed by atoms with Gasteiger partial charge in [0.25, 0.3) is 0 Å². The topological polar surface area (TPSA) is 75.2 Å². The highest BCUT2D eigenvalue weighted by molar-refractivity contribution is 14.0. The molecule has 0 unspecified atom stereocenters. The van der Waals surface area contributed by atoms with Gasteiger partial charge in [0.1, 0.15) is 0 Å². The van der Waals surface area contributed by atoms with Crippen LogP contribution in [0.1, 0.15) is 51.0 Å². The Morgan fingerprint density at radius 2 is 1.81 bits per heavy atom. The number of amides is 1. The SMILES string of the molecule is CCNC(=NCC1(C(=O)N(C)C)CCCC1)NCC1(c2ccc3c(c2)OCO3)CC1.I. The molecule has 7 nitrogen and oxygen atoms in total. The Bertz CT molecular complexity index is 817. The minimum atomic E-state index is -0.347. The molecule has 0 spiro atoms. The molecule has 1 aliphatic heterocycles. The van der Waals surface area contributed by atoms with Gasteiger partial charge in [0.2, 0.25) is 12.7 Å². The number of hydrogen-bond acceptors (Lipinski definition) is 4. The first-order valence-electron chi connectivity index (χ1n) is 11.1. The van der Waals surface area contributed by atoms with Crippen molar-refractivity contribution < 1.29 is 14.3 Å². The van der Waals surface area contributed by atoms with Crippen LogP contribution in [-0.4, -0.2) is 57.3 Å². The van der Waals surface area contributed by atoms with E-state index in [4.69, 9.17) is 14.5 Å². The Morgan fingerprint density at radius 3 is 2.45 bits per heavy atom. The summed E-state index contributed by atoms with van der Waals surface area (Å²) >= 11 is 0. The van der Waals surface area contributed by atoms with E-state index in [0.29, 0.717) is 13.3 Å². The summed E-state index contributed by atoms with van der Waals surface area (Å²) in [6, 6.07) is 6.27. The van der Waals surface area contributed by atoms with Crippen molar-refractivity contribution >= 4 is 35.8 Å². The van der Waals surface area contributed by atoms with Gasteiger partial charge < -0.3 is 25.0 Å². The number of fused-ring (bicyclic) bond motifs is 1. The number of guanidine groups is 1. The molecule has 0 aromatic heterocycles. The Morgan fingerprint density at radius 1 is 1.10 bits per heavy atom. The van der Waals surface area contributed by atoms with Crippen molar-refractivity contribution in [2.24, 2.45) is 10.4 Å². The lowest BCUT2D eigenvalue weighted by Gasteiger charge is -2.29. The molecule has 1 amide bonds. The van der Waals surface area contributed by atoms with Gasteiger partial charge in [-0.2, -0.15) is 0 Å². The summed E-state index contributed by atoms with van der Waals surface area (Å²) in [6.45, 7) is 4.51. The van der Waals surface area contributed by atoms with Gasteiger partial charge in [-0.1, -0.05) is 18.9 Å². The third-order valence-corrected chi connectivity index (χ3v) is 6.74. The van der Waals surface area contributed by atoms with Crippen LogP contribution >= 0.6 is 24.0 Å². The largest absolute Gasteiger partial charge is 0.454 e. The fraction of sp³-hybridized carbons (Fsp3) is 0.652. The maximum atomic E-state index is 12.8. The minimum Gasteiger partial charge on any atom is -0.454 e. The molecule has 2 aliphatic carbocycles. The molecule has 0 saturated heterocycles. The summed E-state index contributed by atoms with van der Waals surface area (Å²) in [5.74, 6) is 2.66.